The summed E-state index contributed by atoms with van der Waals surface area (Å²) < 4.78 is 29.5. The smallest absolute Gasteiger partial charge is 0.259 e. The largest absolute Gasteiger partial charge is 0.451 e. The average Bonchev–Trinajstić information content (AvgIpc) is 3.68. The second kappa shape index (κ2) is 10.6. The number of halogens is 1. The molecule has 1 N–H and O–H groups in total. The molecule has 4 aromatic carbocycles. The van der Waals surface area contributed by atoms with E-state index in [9.17, 15) is 14.4 Å². The predicted octanol–water partition coefficient (Wildman–Crippen LogP) is 4.81. The first kappa shape index (κ1) is 27.0. The number of nitrogens with zero attached hydrogens (tertiary/aromatic N) is 3. The lowest BCUT2D eigenvalue weighted by Gasteiger charge is -2.26. The van der Waals surface area contributed by atoms with Gasteiger partial charge in [-0.15, -0.1) is 0 Å². The van der Waals surface area contributed by atoms with Gasteiger partial charge in [0.05, 0.1) is 24.1 Å². The number of hydrogen-bond acceptors (Lipinski definition) is 7. The van der Waals surface area contributed by atoms with E-state index in [1.807, 2.05) is 24.3 Å². The number of fused-ring (bicyclic) bond motifs is 5. The number of aromatic nitrogens is 1. The molecular weight excluding hydrogens is 563 g/mol. The number of benzene rings is 3. The Morgan fingerprint density at radius 2 is 1.66 bits per heavy atom. The first-order valence-electron chi connectivity index (χ1n) is 15.2. The number of anilines is 1. The number of nitrogens with one attached hydrogen (secondary N) is 1. The summed E-state index contributed by atoms with van der Waals surface area (Å²) in [5, 5.41) is 5.95. The fourth-order valence-electron chi connectivity index (χ4n) is 6.88. The molecule has 10 heteroatoms. The molecule has 4 heterocycles. The van der Waals surface area contributed by atoms with E-state index in [2.05, 4.69) is 10.2 Å². The van der Waals surface area contributed by atoms with Crippen molar-refractivity contribution in [2.45, 2.75) is 19.3 Å². The lowest BCUT2D eigenvalue weighted by molar-refractivity contribution is 0.0378. The highest BCUT2D eigenvalue weighted by Crippen LogP contribution is 2.36. The molecule has 2 aliphatic rings. The standard InChI is InChI=1S/C34H31FN4O5/c35-26-16-24-30-33(29(26)36-8-5-9-37-12-14-43-15-13-37)44-28-18-23-22(20-6-1-2-7-21(20)31(23)40)17-27(28)39(30)19-25(32(24)41)34(42)38-10-3-4-11-38/h1-2,6-7,16-19,36H,3-5,8-15H2. The molecular formula is C34H31FN4O5. The van der Waals surface area contributed by atoms with Crippen LogP contribution in [-0.2, 0) is 4.74 Å². The number of ether oxygens (including phenoxy) is 1. The first-order valence-corrected chi connectivity index (χ1v) is 15.2. The molecule has 0 aliphatic carbocycles. The highest BCUT2D eigenvalue weighted by Gasteiger charge is 2.27. The molecule has 8 rings (SSSR count). The summed E-state index contributed by atoms with van der Waals surface area (Å²) >= 11 is 0. The number of amides is 1. The number of likely N-dealkylation sites (tertiary alicyclic amines) is 1. The minimum absolute atomic E-state index is 0.0132. The van der Waals surface area contributed by atoms with E-state index in [-0.39, 0.29) is 33.6 Å². The molecule has 2 fully saturated rings. The van der Waals surface area contributed by atoms with Crippen molar-refractivity contribution in [1.82, 2.24) is 14.2 Å². The second-order valence-electron chi connectivity index (χ2n) is 11.8. The normalized spacial score (nSPS) is 16.3. The third-order valence-electron chi connectivity index (χ3n) is 9.15. The number of hydrogen-bond donors (Lipinski definition) is 1. The molecule has 2 aromatic heterocycles. The average molecular weight is 595 g/mol. The fraction of sp³-hybridized carbons (Fsp3) is 0.324. The highest BCUT2D eigenvalue weighted by atomic mass is 19.1. The van der Waals surface area contributed by atoms with Gasteiger partial charge in [0.25, 0.3) is 5.91 Å². The number of carbonyl (C=O) groups is 1. The molecule has 44 heavy (non-hydrogen) atoms. The Morgan fingerprint density at radius 1 is 0.886 bits per heavy atom. The van der Waals surface area contributed by atoms with Crippen LogP contribution in [0, 0.1) is 5.82 Å². The Bertz CT molecular complexity index is 2210. The van der Waals surface area contributed by atoms with E-state index in [0.717, 1.165) is 49.7 Å². The van der Waals surface area contributed by atoms with Gasteiger partial charge in [-0.25, -0.2) is 4.39 Å². The van der Waals surface area contributed by atoms with E-state index >= 15 is 4.39 Å². The summed E-state index contributed by atoms with van der Waals surface area (Å²) in [7, 11) is 0. The molecule has 224 valence electrons. The van der Waals surface area contributed by atoms with E-state index in [4.69, 9.17) is 9.15 Å². The molecule has 2 saturated heterocycles. The fourth-order valence-corrected chi connectivity index (χ4v) is 6.88. The first-order chi connectivity index (χ1) is 21.5. The Kier molecular flexibility index (Phi) is 6.50. The summed E-state index contributed by atoms with van der Waals surface area (Å²) in [5.74, 6) is -0.999. The van der Waals surface area contributed by atoms with Gasteiger partial charge in [0.15, 0.2) is 22.4 Å². The summed E-state index contributed by atoms with van der Waals surface area (Å²) in [6.07, 6.45) is 4.08. The van der Waals surface area contributed by atoms with Crippen LogP contribution in [0.1, 0.15) is 29.6 Å². The van der Waals surface area contributed by atoms with Crippen LogP contribution in [0.5, 0.6) is 0 Å². The van der Waals surface area contributed by atoms with Gasteiger partial charge >= 0.3 is 0 Å². The molecule has 6 aromatic rings. The van der Waals surface area contributed by atoms with E-state index in [0.29, 0.717) is 60.2 Å². The lowest BCUT2D eigenvalue weighted by Crippen LogP contribution is -2.37. The number of pyridine rings is 1. The van der Waals surface area contributed by atoms with Crippen LogP contribution in [0.4, 0.5) is 10.1 Å². The van der Waals surface area contributed by atoms with Crippen LogP contribution >= 0.6 is 0 Å². The van der Waals surface area contributed by atoms with Crippen LogP contribution in [-0.4, -0.2) is 72.6 Å². The molecule has 0 unspecified atom stereocenters. The van der Waals surface area contributed by atoms with Crippen molar-refractivity contribution in [2.75, 3.05) is 57.8 Å². The Labute approximate surface area is 250 Å². The zero-order valence-corrected chi connectivity index (χ0v) is 24.2. The van der Waals surface area contributed by atoms with Gasteiger partial charge in [0.1, 0.15) is 16.8 Å². The maximum absolute atomic E-state index is 15.9. The molecule has 2 aliphatic heterocycles. The number of carbonyl (C=O) groups excluding carboxylic acids is 1. The van der Waals surface area contributed by atoms with Gasteiger partial charge in [0.2, 0.25) is 5.43 Å². The van der Waals surface area contributed by atoms with Crippen LogP contribution in [0.3, 0.4) is 0 Å². The molecule has 0 saturated carbocycles. The zero-order valence-electron chi connectivity index (χ0n) is 24.2. The van der Waals surface area contributed by atoms with Crippen molar-refractivity contribution in [1.29, 1.82) is 0 Å². The van der Waals surface area contributed by atoms with Gasteiger partial charge in [-0.1, -0.05) is 24.3 Å². The van der Waals surface area contributed by atoms with Crippen LogP contribution in [0.25, 0.3) is 49.1 Å². The minimum atomic E-state index is -0.638. The number of morpholine rings is 1. The van der Waals surface area contributed by atoms with Crippen molar-refractivity contribution in [3.63, 3.8) is 0 Å². The third kappa shape index (κ3) is 4.23. The summed E-state index contributed by atoms with van der Waals surface area (Å²) in [5.41, 5.74) is 0.973. The van der Waals surface area contributed by atoms with Gasteiger partial charge in [0, 0.05) is 49.7 Å². The van der Waals surface area contributed by atoms with Crippen LogP contribution in [0.2, 0.25) is 0 Å². The second-order valence-corrected chi connectivity index (χ2v) is 11.8. The number of rotatable bonds is 6. The van der Waals surface area contributed by atoms with Crippen molar-refractivity contribution in [2.24, 2.45) is 0 Å². The molecule has 0 radical (unpaired) electrons. The van der Waals surface area contributed by atoms with Gasteiger partial charge < -0.3 is 23.8 Å². The highest BCUT2D eigenvalue weighted by molar-refractivity contribution is 6.15. The SMILES string of the molecule is O=C(c1cn2c3cc4c(cc3oc3c(NCCCN5CCOCC5)c(F)cc(c1=O)c32)c(=O)c1ccccc14)N1CCCC1. The topological polar surface area (TPSA) is 96.5 Å². The molecule has 9 nitrogen and oxygen atoms in total. The minimum Gasteiger partial charge on any atom is -0.451 e. The summed E-state index contributed by atoms with van der Waals surface area (Å²) in [6.45, 7) is 5.64. The van der Waals surface area contributed by atoms with E-state index in [1.54, 1.807) is 27.6 Å². The Hall–Kier alpha value is -4.54. The summed E-state index contributed by atoms with van der Waals surface area (Å²) in [6, 6.07) is 12.2. The quantitative estimate of drug-likeness (QED) is 0.168. The maximum Gasteiger partial charge on any atom is 0.259 e. The van der Waals surface area contributed by atoms with E-state index < -0.39 is 11.2 Å². The Balaban J connectivity index is 1.34. The van der Waals surface area contributed by atoms with Crippen LogP contribution < -0.4 is 16.2 Å². The molecule has 0 bridgehead atoms. The maximum atomic E-state index is 15.9. The van der Waals surface area contributed by atoms with Gasteiger partial charge in [-0.05, 0) is 54.8 Å². The zero-order chi connectivity index (χ0) is 29.9. The monoisotopic (exact) mass is 594 g/mol. The van der Waals surface area contributed by atoms with Crippen LogP contribution in [0.15, 0.2) is 62.7 Å². The van der Waals surface area contributed by atoms with E-state index in [1.165, 1.54) is 6.07 Å². The third-order valence-corrected chi connectivity index (χ3v) is 9.15. The molecule has 1 amide bonds. The molecule has 0 atom stereocenters. The summed E-state index contributed by atoms with van der Waals surface area (Å²) in [4.78, 5) is 44.7. The van der Waals surface area contributed by atoms with Gasteiger partial charge in [-0.2, -0.15) is 0 Å². The molecule has 0 spiro atoms. The van der Waals surface area contributed by atoms with Gasteiger partial charge in [-0.3, -0.25) is 19.3 Å². The lowest BCUT2D eigenvalue weighted by atomic mass is 10.1. The predicted molar refractivity (Wildman–Crippen MR) is 169 cm³/mol. The van der Waals surface area contributed by atoms with Crippen molar-refractivity contribution in [3.05, 3.63) is 80.5 Å². The van der Waals surface area contributed by atoms with Crippen molar-refractivity contribution in [3.8, 4) is 0 Å². The van der Waals surface area contributed by atoms with Crippen molar-refractivity contribution < 1.29 is 18.3 Å². The van der Waals surface area contributed by atoms with Crippen molar-refractivity contribution >= 4 is 60.7 Å². The Morgan fingerprint density at radius 3 is 2.45 bits per heavy atom.